The second kappa shape index (κ2) is 6.40. The monoisotopic (exact) mass is 315 g/mol. The highest BCUT2D eigenvalue weighted by Gasteiger charge is 2.51. The van der Waals surface area contributed by atoms with Gasteiger partial charge in [-0.3, -0.25) is 14.5 Å². The Labute approximate surface area is 135 Å². The summed E-state index contributed by atoms with van der Waals surface area (Å²) in [4.78, 5) is 37.7. The summed E-state index contributed by atoms with van der Waals surface area (Å²) in [6.07, 6.45) is 4.28. The van der Waals surface area contributed by atoms with Crippen LogP contribution in [0.5, 0.6) is 0 Å². The Morgan fingerprint density at radius 3 is 2.52 bits per heavy atom. The summed E-state index contributed by atoms with van der Waals surface area (Å²) in [5.74, 6) is -0.581. The molecule has 0 unspecified atom stereocenters. The average Bonchev–Trinajstić information content (AvgIpc) is 2.79. The maximum Gasteiger partial charge on any atom is 0.325 e. The Morgan fingerprint density at radius 1 is 1.13 bits per heavy atom. The lowest BCUT2D eigenvalue weighted by Crippen LogP contribution is -2.49. The van der Waals surface area contributed by atoms with Gasteiger partial charge in [-0.15, -0.1) is 0 Å². The molecule has 1 aromatic rings. The van der Waals surface area contributed by atoms with E-state index in [9.17, 15) is 14.4 Å². The largest absolute Gasteiger partial charge is 0.350 e. The molecule has 1 aliphatic carbocycles. The van der Waals surface area contributed by atoms with Gasteiger partial charge in [-0.05, 0) is 18.4 Å². The van der Waals surface area contributed by atoms with Crippen molar-refractivity contribution in [1.82, 2.24) is 15.5 Å². The van der Waals surface area contributed by atoms with Crippen LogP contribution in [0, 0.1) is 0 Å². The average molecular weight is 315 g/mol. The van der Waals surface area contributed by atoms with Crippen LogP contribution in [0.2, 0.25) is 0 Å². The van der Waals surface area contributed by atoms with Crippen LogP contribution in [0.25, 0.3) is 0 Å². The fraction of sp³-hybridized carbons (Fsp3) is 0.471. The fourth-order valence-electron chi connectivity index (χ4n) is 3.31. The number of carbonyl (C=O) groups is 3. The molecule has 0 aromatic heterocycles. The van der Waals surface area contributed by atoms with Crippen LogP contribution in [0.3, 0.4) is 0 Å². The van der Waals surface area contributed by atoms with Gasteiger partial charge in [-0.25, -0.2) is 4.79 Å². The van der Waals surface area contributed by atoms with Crippen LogP contribution in [0.4, 0.5) is 4.79 Å². The highest BCUT2D eigenvalue weighted by Crippen LogP contribution is 2.33. The minimum absolute atomic E-state index is 0.223. The number of urea groups is 1. The Hall–Kier alpha value is -2.37. The first-order chi connectivity index (χ1) is 11.1. The molecule has 3 rings (SSSR count). The quantitative estimate of drug-likeness (QED) is 0.828. The first-order valence-electron chi connectivity index (χ1n) is 8.05. The molecule has 23 heavy (non-hydrogen) atoms. The number of nitrogens with one attached hydrogen (secondary N) is 2. The fourth-order valence-corrected chi connectivity index (χ4v) is 3.31. The molecule has 1 aliphatic heterocycles. The van der Waals surface area contributed by atoms with Gasteiger partial charge in [0, 0.05) is 6.54 Å². The first-order valence-corrected chi connectivity index (χ1v) is 8.05. The van der Waals surface area contributed by atoms with Crippen LogP contribution < -0.4 is 10.6 Å². The molecular formula is C17H21N3O3. The molecule has 2 fully saturated rings. The minimum atomic E-state index is -0.769. The third-order valence-electron chi connectivity index (χ3n) is 4.59. The van der Waals surface area contributed by atoms with E-state index in [1.807, 2.05) is 30.3 Å². The van der Waals surface area contributed by atoms with Crippen LogP contribution in [-0.2, 0) is 16.1 Å². The van der Waals surface area contributed by atoms with E-state index in [1.165, 1.54) is 0 Å². The van der Waals surface area contributed by atoms with Crippen molar-refractivity contribution in [3.05, 3.63) is 35.9 Å². The lowest BCUT2D eigenvalue weighted by molar-refractivity contribution is -0.135. The molecule has 1 aromatic carbocycles. The number of hydrogen-bond donors (Lipinski definition) is 2. The molecule has 1 saturated carbocycles. The van der Waals surface area contributed by atoms with Gasteiger partial charge in [0.2, 0.25) is 5.91 Å². The zero-order valence-corrected chi connectivity index (χ0v) is 13.0. The molecule has 1 saturated heterocycles. The Balaban J connectivity index is 1.58. The third-order valence-corrected chi connectivity index (χ3v) is 4.59. The van der Waals surface area contributed by atoms with Crippen molar-refractivity contribution in [2.45, 2.75) is 44.2 Å². The topological polar surface area (TPSA) is 78.5 Å². The zero-order chi connectivity index (χ0) is 16.3. The molecule has 0 atom stereocenters. The van der Waals surface area contributed by atoms with E-state index in [4.69, 9.17) is 0 Å². The summed E-state index contributed by atoms with van der Waals surface area (Å²) in [7, 11) is 0. The van der Waals surface area contributed by atoms with Crippen molar-refractivity contribution in [1.29, 1.82) is 0 Å². The molecular weight excluding hydrogens is 294 g/mol. The zero-order valence-electron chi connectivity index (χ0n) is 13.0. The van der Waals surface area contributed by atoms with Gasteiger partial charge in [0.1, 0.15) is 12.1 Å². The molecule has 122 valence electrons. The number of rotatable bonds is 4. The maximum absolute atomic E-state index is 12.6. The standard InChI is InChI=1S/C17H21N3O3/c21-14(18-11-13-7-3-1-4-8-13)12-20-15(22)17(19-16(20)23)9-5-2-6-10-17/h1,3-4,7-8H,2,5-6,9-12H2,(H,18,21)(H,19,23). The van der Waals surface area contributed by atoms with E-state index in [2.05, 4.69) is 10.6 Å². The van der Waals surface area contributed by atoms with E-state index in [0.717, 1.165) is 29.7 Å². The van der Waals surface area contributed by atoms with Crippen LogP contribution in [0.15, 0.2) is 30.3 Å². The van der Waals surface area contributed by atoms with Gasteiger partial charge in [0.15, 0.2) is 0 Å². The summed E-state index contributed by atoms with van der Waals surface area (Å²) in [6.45, 7) is 0.160. The summed E-state index contributed by atoms with van der Waals surface area (Å²) >= 11 is 0. The third kappa shape index (κ3) is 3.21. The Bertz CT molecular complexity index is 609. The van der Waals surface area contributed by atoms with Crippen molar-refractivity contribution in [2.75, 3.05) is 6.54 Å². The van der Waals surface area contributed by atoms with E-state index in [-0.39, 0.29) is 18.4 Å². The first kappa shape index (κ1) is 15.5. The molecule has 1 heterocycles. The number of amides is 4. The second-order valence-electron chi connectivity index (χ2n) is 6.23. The molecule has 2 N–H and O–H groups in total. The minimum Gasteiger partial charge on any atom is -0.350 e. The van der Waals surface area contributed by atoms with Gasteiger partial charge in [0.25, 0.3) is 5.91 Å². The molecule has 6 heteroatoms. The highest BCUT2D eigenvalue weighted by atomic mass is 16.2. The van der Waals surface area contributed by atoms with Crippen molar-refractivity contribution < 1.29 is 14.4 Å². The van der Waals surface area contributed by atoms with Crippen LogP contribution in [0.1, 0.15) is 37.7 Å². The predicted octanol–water partition coefficient (Wildman–Crippen LogP) is 1.56. The smallest absolute Gasteiger partial charge is 0.325 e. The van der Waals surface area contributed by atoms with Gasteiger partial charge >= 0.3 is 6.03 Å². The van der Waals surface area contributed by atoms with Gasteiger partial charge in [-0.1, -0.05) is 49.6 Å². The molecule has 4 amide bonds. The lowest BCUT2D eigenvalue weighted by Gasteiger charge is -2.30. The van der Waals surface area contributed by atoms with Crippen molar-refractivity contribution in [3.63, 3.8) is 0 Å². The van der Waals surface area contributed by atoms with Gasteiger partial charge in [0.05, 0.1) is 0 Å². The number of nitrogens with zero attached hydrogens (tertiary/aromatic N) is 1. The molecule has 6 nitrogen and oxygen atoms in total. The molecule has 1 spiro atoms. The Morgan fingerprint density at radius 2 is 1.83 bits per heavy atom. The summed E-state index contributed by atoms with van der Waals surface area (Å²) < 4.78 is 0. The molecule has 0 radical (unpaired) electrons. The maximum atomic E-state index is 12.6. The lowest BCUT2D eigenvalue weighted by atomic mass is 9.82. The normalized spacial score (nSPS) is 19.7. The van der Waals surface area contributed by atoms with Crippen molar-refractivity contribution in [3.8, 4) is 0 Å². The highest BCUT2D eigenvalue weighted by molar-refractivity contribution is 6.09. The second-order valence-corrected chi connectivity index (χ2v) is 6.23. The van der Waals surface area contributed by atoms with Crippen molar-refractivity contribution >= 4 is 17.8 Å². The Kier molecular flexibility index (Phi) is 4.32. The molecule has 2 aliphatic rings. The van der Waals surface area contributed by atoms with E-state index >= 15 is 0 Å². The number of imide groups is 1. The van der Waals surface area contributed by atoms with E-state index in [0.29, 0.717) is 19.4 Å². The van der Waals surface area contributed by atoms with Crippen LogP contribution in [-0.4, -0.2) is 34.8 Å². The summed E-state index contributed by atoms with van der Waals surface area (Å²) in [5, 5.41) is 5.55. The van der Waals surface area contributed by atoms with E-state index < -0.39 is 11.6 Å². The van der Waals surface area contributed by atoms with Crippen molar-refractivity contribution in [2.24, 2.45) is 0 Å². The SMILES string of the molecule is O=C(CN1C(=O)NC2(CCCCC2)C1=O)NCc1ccccc1. The van der Waals surface area contributed by atoms with Gasteiger partial charge < -0.3 is 10.6 Å². The number of benzene rings is 1. The van der Waals surface area contributed by atoms with E-state index in [1.54, 1.807) is 0 Å². The number of hydrogen-bond acceptors (Lipinski definition) is 3. The molecule has 0 bridgehead atoms. The predicted molar refractivity (Wildman–Crippen MR) is 84.3 cm³/mol. The number of carbonyl (C=O) groups excluding carboxylic acids is 3. The summed E-state index contributed by atoms with van der Waals surface area (Å²) in [6, 6.07) is 9.06. The van der Waals surface area contributed by atoms with Gasteiger partial charge in [-0.2, -0.15) is 0 Å². The summed E-state index contributed by atoms with van der Waals surface area (Å²) in [5.41, 5.74) is 0.205. The van der Waals surface area contributed by atoms with Crippen LogP contribution >= 0.6 is 0 Å².